The molecule has 1 aromatic rings. The standard InChI is InChI=1S/C19H29N3O2/c1-3-15(2)20-19(24)16-8-10-17(11-9-16)21-18(23)14-22-12-6-4-5-7-13-22/h8-11,15H,3-7,12-14H2,1-2H3,(H,20,24)(H,21,23). The van der Waals surface area contributed by atoms with Crippen molar-refractivity contribution in [3.63, 3.8) is 0 Å². The van der Waals surface area contributed by atoms with Crippen LogP contribution < -0.4 is 10.6 Å². The Hall–Kier alpha value is -1.88. The Balaban J connectivity index is 1.84. The highest BCUT2D eigenvalue weighted by molar-refractivity contribution is 5.96. The van der Waals surface area contributed by atoms with Gasteiger partial charge in [-0.15, -0.1) is 0 Å². The number of benzene rings is 1. The smallest absolute Gasteiger partial charge is 0.251 e. The number of rotatable bonds is 6. The molecule has 0 spiro atoms. The molecule has 0 aliphatic carbocycles. The van der Waals surface area contributed by atoms with E-state index in [1.807, 2.05) is 13.8 Å². The number of likely N-dealkylation sites (tertiary alicyclic amines) is 1. The average Bonchev–Trinajstić information content (AvgIpc) is 2.83. The maximum absolute atomic E-state index is 12.2. The largest absolute Gasteiger partial charge is 0.350 e. The van der Waals surface area contributed by atoms with Gasteiger partial charge in [-0.2, -0.15) is 0 Å². The van der Waals surface area contributed by atoms with Gasteiger partial charge in [0.05, 0.1) is 6.54 Å². The highest BCUT2D eigenvalue weighted by atomic mass is 16.2. The normalized spacial score (nSPS) is 16.9. The lowest BCUT2D eigenvalue weighted by Crippen LogP contribution is -2.34. The van der Waals surface area contributed by atoms with Crippen molar-refractivity contribution < 1.29 is 9.59 Å². The number of nitrogens with one attached hydrogen (secondary N) is 2. The topological polar surface area (TPSA) is 61.4 Å². The van der Waals surface area contributed by atoms with E-state index in [0.717, 1.165) is 25.2 Å². The first-order chi connectivity index (χ1) is 11.6. The molecule has 2 amide bonds. The van der Waals surface area contributed by atoms with Crippen LogP contribution in [0.1, 0.15) is 56.3 Å². The molecular weight excluding hydrogens is 302 g/mol. The molecule has 2 rings (SSSR count). The van der Waals surface area contributed by atoms with Gasteiger partial charge in [-0.1, -0.05) is 19.8 Å². The van der Waals surface area contributed by atoms with Gasteiger partial charge >= 0.3 is 0 Å². The molecule has 1 fully saturated rings. The zero-order valence-corrected chi connectivity index (χ0v) is 14.8. The number of carbonyl (C=O) groups excluding carboxylic acids is 2. The van der Waals surface area contributed by atoms with Gasteiger partial charge in [-0.25, -0.2) is 0 Å². The van der Waals surface area contributed by atoms with Crippen LogP contribution in [0.3, 0.4) is 0 Å². The fourth-order valence-corrected chi connectivity index (χ4v) is 2.81. The van der Waals surface area contributed by atoms with Crippen molar-refractivity contribution in [1.82, 2.24) is 10.2 Å². The van der Waals surface area contributed by atoms with E-state index < -0.39 is 0 Å². The Bertz CT molecular complexity index is 534. The van der Waals surface area contributed by atoms with Crippen molar-refractivity contribution >= 4 is 17.5 Å². The van der Waals surface area contributed by atoms with E-state index in [-0.39, 0.29) is 17.9 Å². The van der Waals surface area contributed by atoms with E-state index in [1.165, 1.54) is 25.7 Å². The summed E-state index contributed by atoms with van der Waals surface area (Å²) in [5.74, 6) is -0.0690. The fraction of sp³-hybridized carbons (Fsp3) is 0.579. The third-order valence-electron chi connectivity index (χ3n) is 4.49. The lowest BCUT2D eigenvalue weighted by molar-refractivity contribution is -0.117. The van der Waals surface area contributed by atoms with Gasteiger partial charge in [0, 0.05) is 17.3 Å². The van der Waals surface area contributed by atoms with Crippen LogP contribution >= 0.6 is 0 Å². The van der Waals surface area contributed by atoms with Crippen molar-refractivity contribution in [2.75, 3.05) is 25.0 Å². The summed E-state index contributed by atoms with van der Waals surface area (Å²) in [7, 11) is 0. The molecule has 5 nitrogen and oxygen atoms in total. The SMILES string of the molecule is CCC(C)NC(=O)c1ccc(NC(=O)CN2CCCCCC2)cc1. The third-order valence-corrected chi connectivity index (χ3v) is 4.49. The Kier molecular flexibility index (Phi) is 7.25. The second-order valence-corrected chi connectivity index (χ2v) is 6.60. The molecule has 0 bridgehead atoms. The van der Waals surface area contributed by atoms with Crippen LogP contribution in [-0.4, -0.2) is 42.4 Å². The molecule has 1 unspecified atom stereocenters. The number of anilines is 1. The number of nitrogens with zero attached hydrogens (tertiary/aromatic N) is 1. The molecule has 1 saturated heterocycles. The van der Waals surface area contributed by atoms with Gasteiger partial charge in [-0.3, -0.25) is 14.5 Å². The summed E-state index contributed by atoms with van der Waals surface area (Å²) >= 11 is 0. The van der Waals surface area contributed by atoms with E-state index in [0.29, 0.717) is 12.1 Å². The maximum atomic E-state index is 12.2. The quantitative estimate of drug-likeness (QED) is 0.842. The third kappa shape index (κ3) is 5.96. The minimum absolute atomic E-state index is 0.00806. The molecule has 1 heterocycles. The van der Waals surface area contributed by atoms with Crippen molar-refractivity contribution in [1.29, 1.82) is 0 Å². The molecule has 132 valence electrons. The van der Waals surface area contributed by atoms with Crippen LogP contribution in [0.25, 0.3) is 0 Å². The Morgan fingerprint density at radius 3 is 2.29 bits per heavy atom. The fourth-order valence-electron chi connectivity index (χ4n) is 2.81. The highest BCUT2D eigenvalue weighted by Crippen LogP contribution is 2.12. The Morgan fingerprint density at radius 1 is 1.08 bits per heavy atom. The first-order valence-corrected chi connectivity index (χ1v) is 9.01. The number of hydrogen-bond donors (Lipinski definition) is 2. The second-order valence-electron chi connectivity index (χ2n) is 6.60. The van der Waals surface area contributed by atoms with Crippen LogP contribution in [0.15, 0.2) is 24.3 Å². The predicted octanol–water partition coefficient (Wildman–Crippen LogP) is 3.03. The Morgan fingerprint density at radius 2 is 1.71 bits per heavy atom. The monoisotopic (exact) mass is 331 g/mol. The van der Waals surface area contributed by atoms with Crippen molar-refractivity contribution in [2.24, 2.45) is 0 Å². The van der Waals surface area contributed by atoms with Crippen LogP contribution in [-0.2, 0) is 4.79 Å². The summed E-state index contributed by atoms with van der Waals surface area (Å²) in [5.41, 5.74) is 1.34. The lowest BCUT2D eigenvalue weighted by atomic mass is 10.1. The molecule has 0 saturated carbocycles. The molecule has 0 radical (unpaired) electrons. The zero-order chi connectivity index (χ0) is 17.4. The van der Waals surface area contributed by atoms with Crippen LogP contribution in [0.4, 0.5) is 5.69 Å². The minimum atomic E-state index is -0.0770. The molecule has 2 N–H and O–H groups in total. The molecule has 1 aliphatic rings. The molecule has 1 aliphatic heterocycles. The number of carbonyl (C=O) groups is 2. The molecular formula is C19H29N3O2. The summed E-state index contributed by atoms with van der Waals surface area (Å²) in [5, 5.41) is 5.85. The van der Waals surface area contributed by atoms with Crippen molar-refractivity contribution in [2.45, 2.75) is 52.0 Å². The summed E-state index contributed by atoms with van der Waals surface area (Å²) in [6.07, 6.45) is 5.77. The highest BCUT2D eigenvalue weighted by Gasteiger charge is 2.13. The second kappa shape index (κ2) is 9.42. The van der Waals surface area contributed by atoms with E-state index in [9.17, 15) is 9.59 Å². The first kappa shape index (κ1) is 18.5. The molecule has 1 atom stereocenters. The number of hydrogen-bond acceptors (Lipinski definition) is 3. The van der Waals surface area contributed by atoms with E-state index >= 15 is 0 Å². The zero-order valence-electron chi connectivity index (χ0n) is 14.8. The van der Waals surface area contributed by atoms with E-state index in [1.54, 1.807) is 24.3 Å². The van der Waals surface area contributed by atoms with E-state index in [4.69, 9.17) is 0 Å². The predicted molar refractivity (Wildman–Crippen MR) is 97.2 cm³/mol. The summed E-state index contributed by atoms with van der Waals surface area (Å²) in [6, 6.07) is 7.22. The molecule has 1 aromatic carbocycles. The van der Waals surface area contributed by atoms with Gasteiger partial charge in [-0.05, 0) is 63.5 Å². The maximum Gasteiger partial charge on any atom is 0.251 e. The minimum Gasteiger partial charge on any atom is -0.350 e. The Labute approximate surface area is 144 Å². The van der Waals surface area contributed by atoms with Crippen molar-refractivity contribution in [3.8, 4) is 0 Å². The molecule has 24 heavy (non-hydrogen) atoms. The van der Waals surface area contributed by atoms with Gasteiger partial charge in [0.15, 0.2) is 0 Å². The van der Waals surface area contributed by atoms with Crippen molar-refractivity contribution in [3.05, 3.63) is 29.8 Å². The van der Waals surface area contributed by atoms with Gasteiger partial charge in [0.1, 0.15) is 0 Å². The molecule has 0 aromatic heterocycles. The molecule has 5 heteroatoms. The van der Waals surface area contributed by atoms with Crippen LogP contribution in [0, 0.1) is 0 Å². The lowest BCUT2D eigenvalue weighted by Gasteiger charge is -2.19. The first-order valence-electron chi connectivity index (χ1n) is 9.01. The van der Waals surface area contributed by atoms with Crippen LogP contribution in [0.5, 0.6) is 0 Å². The number of amides is 2. The van der Waals surface area contributed by atoms with Gasteiger partial charge < -0.3 is 10.6 Å². The summed E-state index contributed by atoms with van der Waals surface area (Å²) in [4.78, 5) is 26.4. The summed E-state index contributed by atoms with van der Waals surface area (Å²) in [6.45, 7) is 6.46. The average molecular weight is 331 g/mol. The van der Waals surface area contributed by atoms with Gasteiger partial charge in [0.2, 0.25) is 5.91 Å². The summed E-state index contributed by atoms with van der Waals surface area (Å²) < 4.78 is 0. The van der Waals surface area contributed by atoms with Crippen LogP contribution in [0.2, 0.25) is 0 Å². The van der Waals surface area contributed by atoms with Gasteiger partial charge in [0.25, 0.3) is 5.91 Å². The van der Waals surface area contributed by atoms with E-state index in [2.05, 4.69) is 15.5 Å².